The van der Waals surface area contributed by atoms with Gasteiger partial charge in [-0.1, -0.05) is 91.1 Å². The van der Waals surface area contributed by atoms with E-state index in [1.165, 1.54) is 51.4 Å². The standard InChI is InChI=1S/C26H49NO5/c1-6-8-9-10-11-12-13-14-15-16-17-18-23(32-24(29)21(3)4)26(19-7-2,25(27)30)31-20-22(5)28/h22-23,28H,3,6-20H2,1-2,4-5H3,(H2,27,30). The first-order chi connectivity index (χ1) is 15.2. The third-order valence-corrected chi connectivity index (χ3v) is 5.81. The number of carbonyl (C=O) groups excluding carboxylic acids is 2. The molecule has 0 aromatic rings. The lowest BCUT2D eigenvalue weighted by Crippen LogP contribution is -2.57. The Labute approximate surface area is 196 Å². The molecule has 0 aromatic carbocycles. The molecule has 0 saturated heterocycles. The van der Waals surface area contributed by atoms with Gasteiger partial charge in [-0.3, -0.25) is 4.79 Å². The molecule has 188 valence electrons. The molecular weight excluding hydrogens is 406 g/mol. The molecule has 32 heavy (non-hydrogen) atoms. The van der Waals surface area contributed by atoms with Gasteiger partial charge < -0.3 is 20.3 Å². The number of nitrogens with two attached hydrogens (primary N) is 1. The van der Waals surface area contributed by atoms with E-state index >= 15 is 0 Å². The molecule has 0 aromatic heterocycles. The van der Waals surface area contributed by atoms with Crippen molar-refractivity contribution < 1.29 is 24.2 Å². The largest absolute Gasteiger partial charge is 0.455 e. The summed E-state index contributed by atoms with van der Waals surface area (Å²) >= 11 is 0. The van der Waals surface area contributed by atoms with E-state index in [0.29, 0.717) is 19.3 Å². The van der Waals surface area contributed by atoms with Crippen molar-refractivity contribution in [3.63, 3.8) is 0 Å². The van der Waals surface area contributed by atoms with E-state index in [2.05, 4.69) is 13.5 Å². The van der Waals surface area contributed by atoms with E-state index in [4.69, 9.17) is 15.2 Å². The Morgan fingerprint density at radius 3 is 1.84 bits per heavy atom. The summed E-state index contributed by atoms with van der Waals surface area (Å²) in [5.74, 6) is -1.22. The maximum Gasteiger partial charge on any atom is 0.333 e. The summed E-state index contributed by atoms with van der Waals surface area (Å²) in [4.78, 5) is 24.8. The van der Waals surface area contributed by atoms with Crippen molar-refractivity contribution in [2.45, 2.75) is 135 Å². The van der Waals surface area contributed by atoms with Crippen molar-refractivity contribution in [3.05, 3.63) is 12.2 Å². The monoisotopic (exact) mass is 455 g/mol. The van der Waals surface area contributed by atoms with E-state index in [9.17, 15) is 14.7 Å². The highest BCUT2D eigenvalue weighted by atomic mass is 16.6. The van der Waals surface area contributed by atoms with Crippen LogP contribution in [-0.4, -0.2) is 41.4 Å². The Bertz CT molecular complexity index is 534. The van der Waals surface area contributed by atoms with Crippen LogP contribution in [-0.2, 0) is 19.1 Å². The maximum atomic E-state index is 12.5. The molecule has 0 radical (unpaired) electrons. The van der Waals surface area contributed by atoms with E-state index in [1.807, 2.05) is 6.92 Å². The molecule has 0 aliphatic carbocycles. The Kier molecular flexibility index (Phi) is 17.3. The molecule has 0 fully saturated rings. The van der Waals surface area contributed by atoms with Crippen LogP contribution in [0.1, 0.15) is 118 Å². The number of aliphatic hydroxyl groups is 1. The Hall–Kier alpha value is -1.40. The van der Waals surface area contributed by atoms with Gasteiger partial charge in [0.2, 0.25) is 0 Å². The summed E-state index contributed by atoms with van der Waals surface area (Å²) in [5.41, 5.74) is 4.58. The molecule has 0 spiro atoms. The topological polar surface area (TPSA) is 98.8 Å². The number of hydrogen-bond donors (Lipinski definition) is 2. The summed E-state index contributed by atoms with van der Waals surface area (Å²) in [7, 11) is 0. The summed E-state index contributed by atoms with van der Waals surface area (Å²) in [6, 6.07) is 0. The third kappa shape index (κ3) is 12.6. The summed E-state index contributed by atoms with van der Waals surface area (Å²) in [6.07, 6.45) is 13.1. The normalized spacial score (nSPS) is 15.0. The van der Waals surface area contributed by atoms with Gasteiger partial charge in [0.1, 0.15) is 6.10 Å². The average molecular weight is 456 g/mol. The Balaban J connectivity index is 4.85. The first-order valence-electron chi connectivity index (χ1n) is 12.7. The molecule has 0 rings (SSSR count). The zero-order valence-electron chi connectivity index (χ0n) is 21.1. The van der Waals surface area contributed by atoms with Crippen molar-refractivity contribution in [1.82, 2.24) is 0 Å². The van der Waals surface area contributed by atoms with Crippen LogP contribution in [0, 0.1) is 0 Å². The molecule has 3 N–H and O–H groups in total. The second-order valence-corrected chi connectivity index (χ2v) is 9.16. The number of hydrogen-bond acceptors (Lipinski definition) is 5. The molecule has 0 saturated carbocycles. The maximum absolute atomic E-state index is 12.5. The van der Waals surface area contributed by atoms with Crippen molar-refractivity contribution in [2.75, 3.05) is 6.61 Å². The first-order valence-corrected chi connectivity index (χ1v) is 12.7. The zero-order chi connectivity index (χ0) is 24.4. The van der Waals surface area contributed by atoms with Crippen LogP contribution in [0.3, 0.4) is 0 Å². The fourth-order valence-corrected chi connectivity index (χ4v) is 3.93. The summed E-state index contributed by atoms with van der Waals surface area (Å²) in [5, 5.41) is 9.70. The summed E-state index contributed by atoms with van der Waals surface area (Å²) in [6.45, 7) is 10.9. The van der Waals surface area contributed by atoms with Crippen LogP contribution in [0.25, 0.3) is 0 Å². The molecular formula is C26H49NO5. The second-order valence-electron chi connectivity index (χ2n) is 9.16. The van der Waals surface area contributed by atoms with E-state index in [1.54, 1.807) is 13.8 Å². The van der Waals surface area contributed by atoms with Gasteiger partial charge in [-0.25, -0.2) is 4.79 Å². The average Bonchev–Trinajstić information content (AvgIpc) is 2.73. The van der Waals surface area contributed by atoms with Gasteiger partial charge in [0.15, 0.2) is 5.60 Å². The van der Waals surface area contributed by atoms with Crippen LogP contribution in [0.4, 0.5) is 0 Å². The molecule has 3 atom stereocenters. The van der Waals surface area contributed by atoms with Crippen molar-refractivity contribution in [1.29, 1.82) is 0 Å². The molecule has 0 aliphatic rings. The minimum Gasteiger partial charge on any atom is -0.455 e. The molecule has 0 aliphatic heterocycles. The highest BCUT2D eigenvalue weighted by Gasteiger charge is 2.47. The van der Waals surface area contributed by atoms with Gasteiger partial charge in [0.25, 0.3) is 5.91 Å². The van der Waals surface area contributed by atoms with Gasteiger partial charge in [-0.2, -0.15) is 0 Å². The van der Waals surface area contributed by atoms with Gasteiger partial charge in [-0.05, 0) is 33.1 Å². The van der Waals surface area contributed by atoms with E-state index < -0.39 is 29.7 Å². The number of esters is 1. The van der Waals surface area contributed by atoms with Crippen molar-refractivity contribution in [3.8, 4) is 0 Å². The lowest BCUT2D eigenvalue weighted by Gasteiger charge is -2.38. The van der Waals surface area contributed by atoms with Crippen molar-refractivity contribution in [2.24, 2.45) is 5.73 Å². The first kappa shape index (κ1) is 30.6. The Morgan fingerprint density at radius 2 is 1.44 bits per heavy atom. The smallest absolute Gasteiger partial charge is 0.333 e. The highest BCUT2D eigenvalue weighted by Crippen LogP contribution is 2.30. The molecule has 6 heteroatoms. The minimum atomic E-state index is -1.45. The van der Waals surface area contributed by atoms with Crippen LogP contribution in [0.2, 0.25) is 0 Å². The molecule has 0 bridgehead atoms. The van der Waals surface area contributed by atoms with Gasteiger partial charge in [0.05, 0.1) is 12.7 Å². The number of ether oxygens (including phenoxy) is 2. The fraction of sp³-hybridized carbons (Fsp3) is 0.846. The number of aliphatic hydroxyl groups excluding tert-OH is 1. The molecule has 1 amide bonds. The lowest BCUT2D eigenvalue weighted by atomic mass is 9.86. The Morgan fingerprint density at radius 1 is 0.938 bits per heavy atom. The molecule has 0 heterocycles. The van der Waals surface area contributed by atoms with E-state index in [-0.39, 0.29) is 12.2 Å². The fourth-order valence-electron chi connectivity index (χ4n) is 3.93. The number of rotatable bonds is 21. The second kappa shape index (κ2) is 18.1. The molecule has 3 unspecified atom stereocenters. The minimum absolute atomic E-state index is 0.0533. The highest BCUT2D eigenvalue weighted by molar-refractivity contribution is 5.89. The SMILES string of the molecule is C=C(C)C(=O)OC(CCCCCCCCCCCCC)C(CCC)(OCC(C)O)C(N)=O. The lowest BCUT2D eigenvalue weighted by molar-refractivity contribution is -0.185. The predicted octanol–water partition coefficient (Wildman–Crippen LogP) is 5.60. The number of amides is 1. The number of carbonyl (C=O) groups is 2. The number of unbranched alkanes of at least 4 members (excludes halogenated alkanes) is 10. The van der Waals surface area contributed by atoms with Crippen LogP contribution in [0.15, 0.2) is 12.2 Å². The van der Waals surface area contributed by atoms with Crippen LogP contribution < -0.4 is 5.73 Å². The summed E-state index contributed by atoms with van der Waals surface area (Å²) < 4.78 is 11.5. The van der Waals surface area contributed by atoms with Gasteiger partial charge >= 0.3 is 5.97 Å². The van der Waals surface area contributed by atoms with Gasteiger partial charge in [-0.15, -0.1) is 0 Å². The van der Waals surface area contributed by atoms with Crippen molar-refractivity contribution >= 4 is 11.9 Å². The van der Waals surface area contributed by atoms with E-state index in [0.717, 1.165) is 19.3 Å². The molecule has 6 nitrogen and oxygen atoms in total. The predicted molar refractivity (Wildman–Crippen MR) is 130 cm³/mol. The zero-order valence-corrected chi connectivity index (χ0v) is 21.1. The quantitative estimate of drug-likeness (QED) is 0.133. The number of primary amides is 1. The third-order valence-electron chi connectivity index (χ3n) is 5.81. The van der Waals surface area contributed by atoms with Crippen LogP contribution >= 0.6 is 0 Å². The van der Waals surface area contributed by atoms with Gasteiger partial charge in [0, 0.05) is 5.57 Å². The van der Waals surface area contributed by atoms with Crippen LogP contribution in [0.5, 0.6) is 0 Å².